The lowest BCUT2D eigenvalue weighted by Gasteiger charge is -2.29. The summed E-state index contributed by atoms with van der Waals surface area (Å²) in [6.45, 7) is 8.33. The summed E-state index contributed by atoms with van der Waals surface area (Å²) >= 11 is 0. The number of hydrogen-bond acceptors (Lipinski definition) is 7. The van der Waals surface area contributed by atoms with Crippen LogP contribution in [0, 0.1) is 0 Å². The summed E-state index contributed by atoms with van der Waals surface area (Å²) in [5, 5.41) is 11.1. The van der Waals surface area contributed by atoms with Gasteiger partial charge in [0.2, 0.25) is 0 Å². The van der Waals surface area contributed by atoms with Crippen LogP contribution in [0.25, 0.3) is 5.76 Å². The molecular weight excluding hydrogens is 434 g/mol. The largest absolute Gasteiger partial charge is 0.507 e. The zero-order valence-corrected chi connectivity index (χ0v) is 19.1. The van der Waals surface area contributed by atoms with Crippen LogP contribution in [-0.2, 0) is 14.3 Å². The highest BCUT2D eigenvalue weighted by atomic mass is 16.5. The number of ether oxygens (including phenoxy) is 2. The SMILES string of the molecule is C=CCOc1ccc(C(O)=C2C(=O)C(=O)N(CCCN3CCOCC3)C2c2ccncc2)cc1. The summed E-state index contributed by atoms with van der Waals surface area (Å²) in [6.07, 6.45) is 5.59. The van der Waals surface area contributed by atoms with Crippen LogP contribution in [0.4, 0.5) is 0 Å². The summed E-state index contributed by atoms with van der Waals surface area (Å²) in [5.74, 6) is -0.870. The van der Waals surface area contributed by atoms with Crippen LogP contribution in [0.2, 0.25) is 0 Å². The molecule has 1 aromatic heterocycles. The number of likely N-dealkylation sites (tertiary alicyclic amines) is 1. The molecule has 0 bridgehead atoms. The zero-order valence-electron chi connectivity index (χ0n) is 19.1. The molecule has 178 valence electrons. The number of aliphatic hydroxyl groups excluding tert-OH is 1. The predicted octanol–water partition coefficient (Wildman–Crippen LogP) is 2.79. The Bertz CT molecular complexity index is 1050. The van der Waals surface area contributed by atoms with E-state index in [2.05, 4.69) is 16.5 Å². The normalized spacial score (nSPS) is 20.5. The molecule has 1 unspecified atom stereocenters. The average Bonchev–Trinajstić information content (AvgIpc) is 3.13. The Morgan fingerprint density at radius 1 is 1.12 bits per heavy atom. The maximum absolute atomic E-state index is 13.1. The van der Waals surface area contributed by atoms with E-state index in [1.165, 1.54) is 0 Å². The van der Waals surface area contributed by atoms with Crippen LogP contribution < -0.4 is 4.74 Å². The molecule has 8 heteroatoms. The lowest BCUT2D eigenvalue weighted by molar-refractivity contribution is -0.140. The number of morpholine rings is 1. The Kier molecular flexibility index (Phi) is 7.72. The molecule has 0 spiro atoms. The Hall–Kier alpha value is -3.49. The Balaban J connectivity index is 1.61. The van der Waals surface area contributed by atoms with Gasteiger partial charge in [-0.15, -0.1) is 0 Å². The summed E-state index contributed by atoms with van der Waals surface area (Å²) in [7, 11) is 0. The number of aliphatic hydroxyl groups is 1. The fraction of sp³-hybridized carbons (Fsp3) is 0.346. The smallest absolute Gasteiger partial charge is 0.295 e. The first-order chi connectivity index (χ1) is 16.6. The number of carbonyl (C=O) groups is 2. The summed E-state index contributed by atoms with van der Waals surface area (Å²) in [5.41, 5.74) is 1.26. The molecule has 3 heterocycles. The van der Waals surface area contributed by atoms with Crippen LogP contribution in [0.3, 0.4) is 0 Å². The molecular formula is C26H29N3O5. The molecule has 2 aliphatic rings. The van der Waals surface area contributed by atoms with Gasteiger partial charge in [-0.2, -0.15) is 0 Å². The number of carbonyl (C=O) groups excluding carboxylic acids is 2. The van der Waals surface area contributed by atoms with Crippen molar-refractivity contribution in [2.24, 2.45) is 0 Å². The first-order valence-corrected chi connectivity index (χ1v) is 11.4. The third kappa shape index (κ3) is 5.18. The van der Waals surface area contributed by atoms with Crippen molar-refractivity contribution in [1.82, 2.24) is 14.8 Å². The quantitative estimate of drug-likeness (QED) is 0.265. The van der Waals surface area contributed by atoms with Gasteiger partial charge in [-0.3, -0.25) is 19.5 Å². The molecule has 1 N–H and O–H groups in total. The molecule has 0 saturated carbocycles. The molecule has 8 nitrogen and oxygen atoms in total. The summed E-state index contributed by atoms with van der Waals surface area (Å²) in [6, 6.07) is 9.61. The van der Waals surface area contributed by atoms with Gasteiger partial charge in [0.05, 0.1) is 24.8 Å². The third-order valence-corrected chi connectivity index (χ3v) is 6.03. The molecule has 1 amide bonds. The maximum Gasteiger partial charge on any atom is 0.295 e. The highest BCUT2D eigenvalue weighted by Gasteiger charge is 2.45. The van der Waals surface area contributed by atoms with E-state index < -0.39 is 17.7 Å². The molecule has 0 aliphatic carbocycles. The van der Waals surface area contributed by atoms with Crippen molar-refractivity contribution < 1.29 is 24.2 Å². The Morgan fingerprint density at radius 2 is 1.82 bits per heavy atom. The lowest BCUT2D eigenvalue weighted by Crippen LogP contribution is -2.38. The van der Waals surface area contributed by atoms with Crippen molar-refractivity contribution in [2.75, 3.05) is 46.0 Å². The molecule has 1 aromatic carbocycles. The molecule has 4 rings (SSSR count). The van der Waals surface area contributed by atoms with Gasteiger partial charge >= 0.3 is 0 Å². The summed E-state index contributed by atoms with van der Waals surface area (Å²) < 4.78 is 10.9. The van der Waals surface area contributed by atoms with E-state index in [9.17, 15) is 14.7 Å². The molecule has 1 atom stereocenters. The molecule has 34 heavy (non-hydrogen) atoms. The maximum atomic E-state index is 13.1. The number of hydrogen-bond donors (Lipinski definition) is 1. The zero-order chi connectivity index (χ0) is 23.9. The highest BCUT2D eigenvalue weighted by molar-refractivity contribution is 6.46. The van der Waals surface area contributed by atoms with Gasteiger partial charge in [-0.05, 0) is 48.4 Å². The van der Waals surface area contributed by atoms with E-state index in [0.717, 1.165) is 25.2 Å². The number of benzene rings is 1. The van der Waals surface area contributed by atoms with Crippen LogP contribution >= 0.6 is 0 Å². The van der Waals surface area contributed by atoms with Crippen molar-refractivity contribution >= 4 is 17.4 Å². The lowest BCUT2D eigenvalue weighted by atomic mass is 9.96. The van der Waals surface area contributed by atoms with E-state index >= 15 is 0 Å². The fourth-order valence-corrected chi connectivity index (χ4v) is 4.31. The van der Waals surface area contributed by atoms with Gasteiger partial charge in [0.25, 0.3) is 11.7 Å². The average molecular weight is 464 g/mol. The second-order valence-electron chi connectivity index (χ2n) is 8.20. The number of nitrogens with zero attached hydrogens (tertiary/aromatic N) is 3. The topological polar surface area (TPSA) is 92.2 Å². The number of pyridine rings is 1. The standard InChI is InChI=1S/C26H29N3O5/c1-2-16-34-21-6-4-20(5-7-21)24(30)22-23(19-8-10-27-11-9-19)29(26(32)25(22)31)13-3-12-28-14-17-33-18-15-28/h2,4-11,23,30H,1,3,12-18H2. The van der Waals surface area contributed by atoms with E-state index in [1.807, 2.05) is 0 Å². The second kappa shape index (κ2) is 11.1. The van der Waals surface area contributed by atoms with Crippen molar-refractivity contribution in [3.63, 3.8) is 0 Å². The first-order valence-electron chi connectivity index (χ1n) is 11.4. The van der Waals surface area contributed by atoms with Gasteiger partial charge in [-0.1, -0.05) is 12.7 Å². The molecule has 0 radical (unpaired) electrons. The van der Waals surface area contributed by atoms with Crippen LogP contribution in [0.1, 0.15) is 23.6 Å². The molecule has 2 saturated heterocycles. The predicted molar refractivity (Wildman–Crippen MR) is 127 cm³/mol. The van der Waals surface area contributed by atoms with Gasteiger partial charge in [0.15, 0.2) is 0 Å². The highest BCUT2D eigenvalue weighted by Crippen LogP contribution is 2.39. The Morgan fingerprint density at radius 3 is 2.50 bits per heavy atom. The van der Waals surface area contributed by atoms with Crippen LogP contribution in [0.15, 0.2) is 67.0 Å². The van der Waals surface area contributed by atoms with Crippen LogP contribution in [0.5, 0.6) is 5.75 Å². The first kappa shape index (κ1) is 23.7. The number of ketones is 1. The summed E-state index contributed by atoms with van der Waals surface area (Å²) in [4.78, 5) is 34.1. The minimum atomic E-state index is -0.683. The molecule has 2 aromatic rings. The number of rotatable bonds is 9. The van der Waals surface area contributed by atoms with Crippen molar-refractivity contribution in [1.29, 1.82) is 0 Å². The number of aromatic nitrogens is 1. The fourth-order valence-electron chi connectivity index (χ4n) is 4.31. The van der Waals surface area contributed by atoms with Crippen molar-refractivity contribution in [2.45, 2.75) is 12.5 Å². The third-order valence-electron chi connectivity index (χ3n) is 6.03. The van der Waals surface area contributed by atoms with E-state index in [-0.39, 0.29) is 11.3 Å². The van der Waals surface area contributed by atoms with E-state index in [0.29, 0.717) is 44.1 Å². The van der Waals surface area contributed by atoms with E-state index in [1.54, 1.807) is 59.8 Å². The van der Waals surface area contributed by atoms with Gasteiger partial charge < -0.3 is 19.5 Å². The van der Waals surface area contributed by atoms with Gasteiger partial charge in [0, 0.05) is 44.1 Å². The van der Waals surface area contributed by atoms with Crippen LogP contribution in [-0.4, -0.2) is 77.6 Å². The monoisotopic (exact) mass is 463 g/mol. The van der Waals surface area contributed by atoms with Gasteiger partial charge in [-0.25, -0.2) is 0 Å². The van der Waals surface area contributed by atoms with Crippen molar-refractivity contribution in [3.05, 3.63) is 78.1 Å². The minimum Gasteiger partial charge on any atom is -0.507 e. The van der Waals surface area contributed by atoms with Crippen molar-refractivity contribution in [3.8, 4) is 5.75 Å². The number of amides is 1. The second-order valence-corrected chi connectivity index (χ2v) is 8.20. The molecule has 2 aliphatic heterocycles. The number of Topliss-reactive ketones (excluding diaryl/α,β-unsaturated/α-hetero) is 1. The Labute approximate surface area is 199 Å². The van der Waals surface area contributed by atoms with Gasteiger partial charge in [0.1, 0.15) is 18.1 Å². The minimum absolute atomic E-state index is 0.0855. The molecule has 2 fully saturated rings. The van der Waals surface area contributed by atoms with E-state index in [4.69, 9.17) is 9.47 Å².